The van der Waals surface area contributed by atoms with Gasteiger partial charge in [-0.15, -0.1) is 0 Å². The molecule has 2 heterocycles. The van der Waals surface area contributed by atoms with Crippen molar-refractivity contribution >= 4 is 17.7 Å². The molecular formula is C13H24N2O2S. The van der Waals surface area contributed by atoms with E-state index in [2.05, 4.69) is 17.1 Å². The standard InChI is InChI=1S/C13H24N2O2S/c1-11-9-18-8-7-15(11)12(16)13(10-17-2)3-5-14-6-4-13/h11,14H,3-10H2,1-2H3. The number of amides is 1. The minimum atomic E-state index is -0.281. The van der Waals surface area contributed by atoms with E-state index in [1.165, 1.54) is 0 Å². The zero-order valence-electron chi connectivity index (χ0n) is 11.4. The van der Waals surface area contributed by atoms with E-state index in [0.29, 0.717) is 18.6 Å². The summed E-state index contributed by atoms with van der Waals surface area (Å²) in [5.41, 5.74) is -0.281. The molecule has 0 saturated carbocycles. The van der Waals surface area contributed by atoms with Crippen LogP contribution in [0.3, 0.4) is 0 Å². The van der Waals surface area contributed by atoms with Gasteiger partial charge in [0, 0.05) is 31.2 Å². The molecule has 18 heavy (non-hydrogen) atoms. The van der Waals surface area contributed by atoms with Crippen LogP contribution in [0.15, 0.2) is 0 Å². The molecule has 5 heteroatoms. The fourth-order valence-corrected chi connectivity index (χ4v) is 3.95. The third kappa shape index (κ3) is 2.83. The summed E-state index contributed by atoms with van der Waals surface area (Å²) >= 11 is 1.95. The van der Waals surface area contributed by atoms with E-state index >= 15 is 0 Å². The maximum atomic E-state index is 12.9. The van der Waals surface area contributed by atoms with Crippen LogP contribution in [0.2, 0.25) is 0 Å². The number of nitrogens with zero attached hydrogens (tertiary/aromatic N) is 1. The van der Waals surface area contributed by atoms with Crippen molar-refractivity contribution in [3.63, 3.8) is 0 Å². The Hall–Kier alpha value is -0.260. The molecule has 0 aliphatic carbocycles. The van der Waals surface area contributed by atoms with Gasteiger partial charge in [0.05, 0.1) is 12.0 Å². The number of nitrogens with one attached hydrogen (secondary N) is 1. The van der Waals surface area contributed by atoms with Crippen LogP contribution in [0.5, 0.6) is 0 Å². The second kappa shape index (κ2) is 6.26. The maximum Gasteiger partial charge on any atom is 0.231 e. The average molecular weight is 272 g/mol. The highest BCUT2D eigenvalue weighted by molar-refractivity contribution is 7.99. The Labute approximate surface area is 114 Å². The molecule has 1 unspecified atom stereocenters. The predicted octanol–water partition coefficient (Wildman–Crippen LogP) is 0.966. The lowest BCUT2D eigenvalue weighted by Gasteiger charge is -2.43. The summed E-state index contributed by atoms with van der Waals surface area (Å²) in [6.07, 6.45) is 1.80. The zero-order chi connectivity index (χ0) is 13.0. The number of thioether (sulfide) groups is 1. The molecule has 0 bridgehead atoms. The Bertz CT molecular complexity index is 287. The first-order chi connectivity index (χ1) is 8.69. The Kier molecular flexibility index (Phi) is 4.92. The van der Waals surface area contributed by atoms with Gasteiger partial charge in [0.1, 0.15) is 0 Å². The maximum absolute atomic E-state index is 12.9. The number of methoxy groups -OCH3 is 1. The van der Waals surface area contributed by atoms with E-state index in [9.17, 15) is 4.79 Å². The van der Waals surface area contributed by atoms with Gasteiger partial charge < -0.3 is 15.0 Å². The van der Waals surface area contributed by atoms with Gasteiger partial charge in [-0.25, -0.2) is 0 Å². The Morgan fingerprint density at radius 3 is 2.83 bits per heavy atom. The van der Waals surface area contributed by atoms with Crippen molar-refractivity contribution in [1.29, 1.82) is 0 Å². The number of rotatable bonds is 3. The minimum absolute atomic E-state index is 0.281. The van der Waals surface area contributed by atoms with E-state index in [0.717, 1.165) is 44.0 Å². The van der Waals surface area contributed by atoms with Crippen LogP contribution in [0, 0.1) is 5.41 Å². The lowest BCUT2D eigenvalue weighted by molar-refractivity contribution is -0.149. The molecule has 1 atom stereocenters. The summed E-state index contributed by atoms with van der Waals surface area (Å²) in [5, 5.41) is 3.34. The van der Waals surface area contributed by atoms with Gasteiger partial charge in [-0.05, 0) is 32.9 Å². The molecule has 1 N–H and O–H groups in total. The topological polar surface area (TPSA) is 41.6 Å². The summed E-state index contributed by atoms with van der Waals surface area (Å²) in [4.78, 5) is 15.0. The van der Waals surface area contributed by atoms with Crippen molar-refractivity contribution in [1.82, 2.24) is 10.2 Å². The van der Waals surface area contributed by atoms with Crippen LogP contribution in [0.25, 0.3) is 0 Å². The van der Waals surface area contributed by atoms with Gasteiger partial charge in [-0.1, -0.05) is 0 Å². The van der Waals surface area contributed by atoms with Gasteiger partial charge in [-0.3, -0.25) is 4.79 Å². The van der Waals surface area contributed by atoms with Crippen LogP contribution in [0.1, 0.15) is 19.8 Å². The smallest absolute Gasteiger partial charge is 0.231 e. The number of piperidine rings is 1. The Morgan fingerprint density at radius 2 is 2.22 bits per heavy atom. The first kappa shape index (κ1) is 14.2. The number of ether oxygens (including phenoxy) is 1. The monoisotopic (exact) mass is 272 g/mol. The molecule has 0 aromatic rings. The van der Waals surface area contributed by atoms with Crippen molar-refractivity contribution in [2.75, 3.05) is 44.9 Å². The van der Waals surface area contributed by atoms with Crippen molar-refractivity contribution in [2.45, 2.75) is 25.8 Å². The molecule has 2 aliphatic rings. The van der Waals surface area contributed by atoms with Crippen LogP contribution in [0.4, 0.5) is 0 Å². The molecule has 0 spiro atoms. The van der Waals surface area contributed by atoms with E-state index < -0.39 is 0 Å². The van der Waals surface area contributed by atoms with E-state index in [4.69, 9.17) is 4.74 Å². The number of hydrogen-bond donors (Lipinski definition) is 1. The van der Waals surface area contributed by atoms with Gasteiger partial charge in [0.2, 0.25) is 5.91 Å². The second-order valence-corrected chi connectivity index (χ2v) is 6.54. The van der Waals surface area contributed by atoms with E-state index in [1.54, 1.807) is 7.11 Å². The van der Waals surface area contributed by atoms with E-state index in [-0.39, 0.29) is 5.41 Å². The highest BCUT2D eigenvalue weighted by Crippen LogP contribution is 2.33. The van der Waals surface area contributed by atoms with E-state index in [1.807, 2.05) is 11.8 Å². The summed E-state index contributed by atoms with van der Waals surface area (Å²) in [6, 6.07) is 0.361. The van der Waals surface area contributed by atoms with Crippen LogP contribution >= 0.6 is 11.8 Å². The first-order valence-electron chi connectivity index (χ1n) is 6.78. The molecular weight excluding hydrogens is 248 g/mol. The number of carbonyl (C=O) groups is 1. The Morgan fingerprint density at radius 1 is 1.50 bits per heavy atom. The fraction of sp³-hybridized carbons (Fsp3) is 0.923. The van der Waals surface area contributed by atoms with Crippen molar-refractivity contribution < 1.29 is 9.53 Å². The number of carbonyl (C=O) groups excluding carboxylic acids is 1. The molecule has 2 fully saturated rings. The predicted molar refractivity (Wildman–Crippen MR) is 74.9 cm³/mol. The highest BCUT2D eigenvalue weighted by Gasteiger charge is 2.43. The lowest BCUT2D eigenvalue weighted by Crippen LogP contribution is -2.55. The third-order valence-corrected chi connectivity index (χ3v) is 5.25. The normalized spacial score (nSPS) is 28.1. The Balaban J connectivity index is 2.11. The number of hydrogen-bond acceptors (Lipinski definition) is 4. The quantitative estimate of drug-likeness (QED) is 0.831. The third-order valence-electron chi connectivity index (χ3n) is 4.06. The molecule has 2 rings (SSSR count). The molecule has 104 valence electrons. The zero-order valence-corrected chi connectivity index (χ0v) is 12.2. The fourth-order valence-electron chi connectivity index (χ4n) is 2.94. The summed E-state index contributed by atoms with van der Waals surface area (Å²) in [6.45, 7) is 5.46. The van der Waals surface area contributed by atoms with Gasteiger partial charge in [0.25, 0.3) is 0 Å². The molecule has 0 aromatic heterocycles. The molecule has 2 saturated heterocycles. The first-order valence-corrected chi connectivity index (χ1v) is 7.93. The van der Waals surface area contributed by atoms with Gasteiger partial charge in [0.15, 0.2) is 0 Å². The average Bonchev–Trinajstić information content (AvgIpc) is 2.40. The molecule has 0 aromatic carbocycles. The minimum Gasteiger partial charge on any atom is -0.384 e. The SMILES string of the molecule is COCC1(C(=O)N2CCSCC2C)CCNCC1. The summed E-state index contributed by atoms with van der Waals surface area (Å²) < 4.78 is 5.35. The largest absolute Gasteiger partial charge is 0.384 e. The van der Waals surface area contributed by atoms with Crippen LogP contribution < -0.4 is 5.32 Å². The van der Waals surface area contributed by atoms with Crippen molar-refractivity contribution in [3.8, 4) is 0 Å². The van der Waals surface area contributed by atoms with Crippen LogP contribution in [-0.2, 0) is 9.53 Å². The van der Waals surface area contributed by atoms with Crippen LogP contribution in [-0.4, -0.2) is 61.7 Å². The second-order valence-electron chi connectivity index (χ2n) is 5.39. The summed E-state index contributed by atoms with van der Waals surface area (Å²) in [5.74, 6) is 2.45. The van der Waals surface area contributed by atoms with Gasteiger partial charge in [-0.2, -0.15) is 11.8 Å². The lowest BCUT2D eigenvalue weighted by atomic mass is 9.78. The molecule has 1 amide bonds. The van der Waals surface area contributed by atoms with Gasteiger partial charge >= 0.3 is 0 Å². The summed E-state index contributed by atoms with van der Waals surface area (Å²) in [7, 11) is 1.70. The van der Waals surface area contributed by atoms with Crippen molar-refractivity contribution in [3.05, 3.63) is 0 Å². The molecule has 4 nitrogen and oxygen atoms in total. The molecule has 0 radical (unpaired) electrons. The highest BCUT2D eigenvalue weighted by atomic mass is 32.2. The van der Waals surface area contributed by atoms with Crippen molar-refractivity contribution in [2.24, 2.45) is 5.41 Å². The molecule has 2 aliphatic heterocycles.